The molecule has 4 heteroatoms. The Morgan fingerprint density at radius 1 is 1.53 bits per heavy atom. The molecule has 0 unspecified atom stereocenters. The van der Waals surface area contributed by atoms with Gasteiger partial charge in [-0.05, 0) is 12.0 Å². The smallest absolute Gasteiger partial charge is 0.248 e. The van der Waals surface area contributed by atoms with Crippen LogP contribution < -0.4 is 5.56 Å². The number of H-pyrrole nitrogens is 1. The van der Waals surface area contributed by atoms with Gasteiger partial charge in [-0.25, -0.2) is 0 Å². The van der Waals surface area contributed by atoms with Gasteiger partial charge in [0.2, 0.25) is 5.56 Å². The van der Waals surface area contributed by atoms with Crippen molar-refractivity contribution in [2.75, 3.05) is 0 Å². The highest BCUT2D eigenvalue weighted by atomic mass is 32.1. The lowest BCUT2D eigenvalue weighted by atomic mass is 10.1. The van der Waals surface area contributed by atoms with E-state index in [1.807, 2.05) is 5.38 Å². The Bertz CT molecular complexity index is 553. The number of aromatic amines is 1. The highest BCUT2D eigenvalue weighted by Crippen LogP contribution is 2.24. The monoisotopic (exact) mass is 221 g/mol. The van der Waals surface area contributed by atoms with Gasteiger partial charge in [0.1, 0.15) is 0 Å². The standard InChI is InChI=1S/C11H11NO2S/c1-2-3-7-4-10(14)12-11-8(7)6-15-9(11)5-13/h4-6H,2-3H2,1H3,(H,12,14). The van der Waals surface area contributed by atoms with Gasteiger partial charge in [-0.3, -0.25) is 9.59 Å². The third kappa shape index (κ3) is 1.72. The molecule has 2 rings (SSSR count). The van der Waals surface area contributed by atoms with Gasteiger partial charge in [0.25, 0.3) is 0 Å². The first-order chi connectivity index (χ1) is 7.26. The molecule has 0 aromatic carbocycles. The minimum Gasteiger partial charge on any atom is -0.321 e. The predicted molar refractivity (Wildman–Crippen MR) is 61.8 cm³/mol. The Balaban J connectivity index is 2.76. The average molecular weight is 221 g/mol. The van der Waals surface area contributed by atoms with Crippen molar-refractivity contribution >= 4 is 28.5 Å². The normalized spacial score (nSPS) is 10.7. The lowest BCUT2D eigenvalue weighted by Gasteiger charge is -2.00. The Morgan fingerprint density at radius 2 is 2.33 bits per heavy atom. The van der Waals surface area contributed by atoms with Crippen molar-refractivity contribution in [2.24, 2.45) is 0 Å². The Labute approximate surface area is 90.8 Å². The summed E-state index contributed by atoms with van der Waals surface area (Å²) >= 11 is 1.37. The number of carbonyl (C=O) groups is 1. The van der Waals surface area contributed by atoms with Crippen LogP contribution in [0.15, 0.2) is 16.2 Å². The molecule has 15 heavy (non-hydrogen) atoms. The molecule has 0 saturated carbocycles. The summed E-state index contributed by atoms with van der Waals surface area (Å²) in [4.78, 5) is 25.4. The number of aromatic nitrogens is 1. The Kier molecular flexibility index (Phi) is 2.68. The van der Waals surface area contributed by atoms with Crippen molar-refractivity contribution in [3.63, 3.8) is 0 Å². The van der Waals surface area contributed by atoms with Crippen LogP contribution in [0, 0.1) is 0 Å². The first-order valence-corrected chi connectivity index (χ1v) is 5.72. The van der Waals surface area contributed by atoms with E-state index in [4.69, 9.17) is 0 Å². The largest absolute Gasteiger partial charge is 0.321 e. The van der Waals surface area contributed by atoms with E-state index in [9.17, 15) is 9.59 Å². The van der Waals surface area contributed by atoms with Crippen molar-refractivity contribution in [3.8, 4) is 0 Å². The van der Waals surface area contributed by atoms with Crippen molar-refractivity contribution < 1.29 is 4.79 Å². The van der Waals surface area contributed by atoms with Gasteiger partial charge in [-0.2, -0.15) is 0 Å². The summed E-state index contributed by atoms with van der Waals surface area (Å²) in [5.41, 5.74) is 1.58. The van der Waals surface area contributed by atoms with E-state index in [2.05, 4.69) is 11.9 Å². The first kappa shape index (κ1) is 10.1. The average Bonchev–Trinajstić information content (AvgIpc) is 2.61. The number of hydrogen-bond acceptors (Lipinski definition) is 3. The zero-order chi connectivity index (χ0) is 10.8. The van der Waals surface area contributed by atoms with Crippen molar-refractivity contribution in [3.05, 3.63) is 32.2 Å². The summed E-state index contributed by atoms with van der Waals surface area (Å²) in [6, 6.07) is 1.62. The number of hydrogen-bond donors (Lipinski definition) is 1. The number of aryl methyl sites for hydroxylation is 1. The number of rotatable bonds is 3. The van der Waals surface area contributed by atoms with E-state index in [0.717, 1.165) is 30.1 Å². The topological polar surface area (TPSA) is 49.9 Å². The molecule has 1 N–H and O–H groups in total. The zero-order valence-electron chi connectivity index (χ0n) is 8.37. The minimum atomic E-state index is -0.132. The molecule has 2 aromatic rings. The minimum absolute atomic E-state index is 0.132. The molecule has 0 amide bonds. The molecule has 0 aliphatic carbocycles. The molecule has 78 valence electrons. The molecular weight excluding hydrogens is 210 g/mol. The number of thiophene rings is 1. The van der Waals surface area contributed by atoms with Gasteiger partial charge < -0.3 is 4.98 Å². The molecule has 2 heterocycles. The SMILES string of the molecule is CCCc1cc(=O)[nH]c2c(C=O)scc12. The van der Waals surface area contributed by atoms with Gasteiger partial charge in [-0.15, -0.1) is 11.3 Å². The molecule has 0 radical (unpaired) electrons. The molecule has 0 spiro atoms. The van der Waals surface area contributed by atoms with Gasteiger partial charge in [0, 0.05) is 16.8 Å². The maximum absolute atomic E-state index is 11.4. The van der Waals surface area contributed by atoms with E-state index >= 15 is 0 Å². The van der Waals surface area contributed by atoms with Crippen LogP contribution in [0.3, 0.4) is 0 Å². The van der Waals surface area contributed by atoms with Crippen LogP contribution in [0.1, 0.15) is 28.6 Å². The second-order valence-electron chi connectivity index (χ2n) is 3.42. The summed E-state index contributed by atoms with van der Waals surface area (Å²) in [6.07, 6.45) is 2.65. The van der Waals surface area contributed by atoms with Crippen LogP contribution in [0.25, 0.3) is 10.9 Å². The van der Waals surface area contributed by atoms with Crippen LogP contribution in [-0.2, 0) is 6.42 Å². The molecule has 0 fully saturated rings. The third-order valence-electron chi connectivity index (χ3n) is 2.35. The second-order valence-corrected chi connectivity index (χ2v) is 4.33. The van der Waals surface area contributed by atoms with Crippen LogP contribution in [0.2, 0.25) is 0 Å². The summed E-state index contributed by atoms with van der Waals surface area (Å²) in [5.74, 6) is 0. The maximum Gasteiger partial charge on any atom is 0.248 e. The second kappa shape index (κ2) is 3.98. The fraction of sp³-hybridized carbons (Fsp3) is 0.273. The molecule has 0 saturated heterocycles. The van der Waals surface area contributed by atoms with E-state index in [0.29, 0.717) is 10.4 Å². The molecule has 0 aliphatic rings. The summed E-state index contributed by atoms with van der Waals surface area (Å²) < 4.78 is 0. The lowest BCUT2D eigenvalue weighted by molar-refractivity contribution is 0.112. The highest BCUT2D eigenvalue weighted by molar-refractivity contribution is 7.13. The Morgan fingerprint density at radius 3 is 3.00 bits per heavy atom. The van der Waals surface area contributed by atoms with Crippen molar-refractivity contribution in [1.82, 2.24) is 4.98 Å². The van der Waals surface area contributed by atoms with Crippen LogP contribution in [-0.4, -0.2) is 11.3 Å². The van der Waals surface area contributed by atoms with E-state index in [1.165, 1.54) is 11.3 Å². The van der Waals surface area contributed by atoms with Gasteiger partial charge in [-0.1, -0.05) is 13.3 Å². The highest BCUT2D eigenvalue weighted by Gasteiger charge is 2.08. The summed E-state index contributed by atoms with van der Waals surface area (Å²) in [6.45, 7) is 2.07. The summed E-state index contributed by atoms with van der Waals surface area (Å²) in [7, 11) is 0. The quantitative estimate of drug-likeness (QED) is 0.809. The lowest BCUT2D eigenvalue weighted by Crippen LogP contribution is -2.06. The van der Waals surface area contributed by atoms with Gasteiger partial charge in [0.15, 0.2) is 6.29 Å². The maximum atomic E-state index is 11.4. The van der Waals surface area contributed by atoms with Crippen LogP contribution in [0.4, 0.5) is 0 Å². The molecule has 2 aromatic heterocycles. The molecule has 0 atom stereocenters. The summed E-state index contributed by atoms with van der Waals surface area (Å²) in [5, 5.41) is 2.93. The zero-order valence-corrected chi connectivity index (χ0v) is 9.19. The molecule has 3 nitrogen and oxygen atoms in total. The Hall–Kier alpha value is -1.42. The third-order valence-corrected chi connectivity index (χ3v) is 3.25. The fourth-order valence-corrected chi connectivity index (χ4v) is 2.54. The predicted octanol–water partition coefficient (Wildman–Crippen LogP) is 2.35. The van der Waals surface area contributed by atoms with Crippen LogP contribution in [0.5, 0.6) is 0 Å². The molecule has 0 bridgehead atoms. The van der Waals surface area contributed by atoms with Gasteiger partial charge in [0.05, 0.1) is 10.4 Å². The van der Waals surface area contributed by atoms with Crippen molar-refractivity contribution in [2.45, 2.75) is 19.8 Å². The number of carbonyl (C=O) groups excluding carboxylic acids is 1. The van der Waals surface area contributed by atoms with Crippen molar-refractivity contribution in [1.29, 1.82) is 0 Å². The molecular formula is C11H11NO2S. The van der Waals surface area contributed by atoms with E-state index < -0.39 is 0 Å². The number of pyridine rings is 1. The van der Waals surface area contributed by atoms with E-state index in [1.54, 1.807) is 6.07 Å². The van der Waals surface area contributed by atoms with Gasteiger partial charge >= 0.3 is 0 Å². The first-order valence-electron chi connectivity index (χ1n) is 4.85. The fourth-order valence-electron chi connectivity index (χ4n) is 1.70. The number of aldehydes is 1. The number of nitrogens with one attached hydrogen (secondary N) is 1. The van der Waals surface area contributed by atoms with E-state index in [-0.39, 0.29) is 5.56 Å². The number of fused-ring (bicyclic) bond motifs is 1. The van der Waals surface area contributed by atoms with Crippen LogP contribution >= 0.6 is 11.3 Å². The molecule has 0 aliphatic heterocycles.